The van der Waals surface area contributed by atoms with Gasteiger partial charge in [0.1, 0.15) is 5.75 Å². The predicted octanol–water partition coefficient (Wildman–Crippen LogP) is 0.944. The molecule has 0 N–H and O–H groups in total. The molecule has 1 aromatic carbocycles. The minimum Gasteiger partial charge on any atom is -0.497 e. The van der Waals surface area contributed by atoms with Crippen molar-refractivity contribution in [3.8, 4) is 5.75 Å². The second-order valence-electron chi connectivity index (χ2n) is 8.89. The Bertz CT molecular complexity index is 928. The first-order valence-electron chi connectivity index (χ1n) is 11.6. The van der Waals surface area contributed by atoms with Gasteiger partial charge in [0.15, 0.2) is 0 Å². The third-order valence-corrected chi connectivity index (χ3v) is 6.41. The summed E-state index contributed by atoms with van der Waals surface area (Å²) in [5.41, 5.74) is -0.691. The molecule has 0 bridgehead atoms. The summed E-state index contributed by atoms with van der Waals surface area (Å²) in [6, 6.07) is 7.03. The maximum absolute atomic E-state index is 13.7. The van der Waals surface area contributed by atoms with Crippen LogP contribution in [-0.2, 0) is 24.5 Å². The van der Waals surface area contributed by atoms with Crippen molar-refractivity contribution in [2.75, 3.05) is 67.1 Å². The average molecular weight is 475 g/mol. The molecule has 1 unspecified atom stereocenters. The van der Waals surface area contributed by atoms with Gasteiger partial charge in [-0.15, -0.1) is 0 Å². The molecule has 0 saturated carbocycles. The zero-order valence-corrected chi connectivity index (χ0v) is 20.4. The van der Waals surface area contributed by atoms with Gasteiger partial charge >= 0.3 is 6.09 Å². The molecule has 0 spiro atoms. The highest BCUT2D eigenvalue weighted by atomic mass is 16.6. The van der Waals surface area contributed by atoms with E-state index in [1.54, 1.807) is 41.0 Å². The Morgan fingerprint density at radius 1 is 1.09 bits per heavy atom. The lowest BCUT2D eigenvalue weighted by Crippen LogP contribution is -2.52. The molecule has 2 saturated heterocycles. The molecular weight excluding hydrogens is 440 g/mol. The van der Waals surface area contributed by atoms with Gasteiger partial charge in [-0.3, -0.25) is 19.3 Å². The summed E-state index contributed by atoms with van der Waals surface area (Å²) in [6.07, 6.45) is -0.584. The Morgan fingerprint density at radius 2 is 1.76 bits per heavy atom. The molecule has 0 aliphatic carbocycles. The van der Waals surface area contributed by atoms with Crippen LogP contribution in [0.1, 0.15) is 25.3 Å². The van der Waals surface area contributed by atoms with Gasteiger partial charge < -0.3 is 24.2 Å². The van der Waals surface area contributed by atoms with Crippen LogP contribution in [0.3, 0.4) is 0 Å². The maximum atomic E-state index is 13.7. The number of carbonyl (C=O) groups excluding carboxylic acids is 4. The van der Waals surface area contributed by atoms with Crippen molar-refractivity contribution in [2.24, 2.45) is 0 Å². The normalized spacial score (nSPS) is 20.8. The largest absolute Gasteiger partial charge is 0.497 e. The minimum atomic E-state index is -1.28. The topological polar surface area (TPSA) is 99.7 Å². The number of nitrogens with zero attached hydrogens (tertiary/aromatic N) is 4. The number of hydrogen-bond donors (Lipinski definition) is 0. The predicted molar refractivity (Wildman–Crippen MR) is 124 cm³/mol. The summed E-state index contributed by atoms with van der Waals surface area (Å²) >= 11 is 0. The summed E-state index contributed by atoms with van der Waals surface area (Å²) in [5, 5.41) is 0. The summed E-state index contributed by atoms with van der Waals surface area (Å²) in [6.45, 7) is 4.25. The molecule has 2 aliphatic heterocycles. The second kappa shape index (κ2) is 10.9. The lowest BCUT2D eigenvalue weighted by molar-refractivity contribution is -0.143. The number of hydrogen-bond acceptors (Lipinski definition) is 7. The number of piperazine rings is 1. The fourth-order valence-corrected chi connectivity index (χ4v) is 4.44. The molecule has 2 aliphatic rings. The summed E-state index contributed by atoms with van der Waals surface area (Å²) in [7, 11) is 5.28. The molecule has 34 heavy (non-hydrogen) atoms. The van der Waals surface area contributed by atoms with E-state index < -0.39 is 11.5 Å². The molecule has 3 rings (SSSR count). The number of carbonyl (C=O) groups is 4. The first kappa shape index (κ1) is 25.5. The molecule has 186 valence electrons. The number of likely N-dealkylation sites (tertiary alicyclic amines) is 1. The van der Waals surface area contributed by atoms with Crippen LogP contribution in [0.5, 0.6) is 5.75 Å². The lowest BCUT2D eigenvalue weighted by atomic mass is 9.75. The van der Waals surface area contributed by atoms with Crippen molar-refractivity contribution in [3.05, 3.63) is 29.8 Å². The molecule has 2 heterocycles. The van der Waals surface area contributed by atoms with E-state index in [-0.39, 0.29) is 37.1 Å². The Balaban J connectivity index is 1.83. The van der Waals surface area contributed by atoms with Crippen LogP contribution in [0.25, 0.3) is 0 Å². The van der Waals surface area contributed by atoms with E-state index in [0.29, 0.717) is 50.6 Å². The Morgan fingerprint density at radius 3 is 2.38 bits per heavy atom. The molecule has 0 radical (unpaired) electrons. The van der Waals surface area contributed by atoms with Gasteiger partial charge in [-0.25, -0.2) is 4.79 Å². The van der Waals surface area contributed by atoms with E-state index in [4.69, 9.17) is 9.47 Å². The Labute approximate surface area is 200 Å². The number of methoxy groups -OCH3 is 1. The third kappa shape index (κ3) is 5.32. The molecule has 2 fully saturated rings. The molecule has 0 aromatic heterocycles. The van der Waals surface area contributed by atoms with Crippen molar-refractivity contribution < 1.29 is 28.7 Å². The Kier molecular flexibility index (Phi) is 8.14. The molecule has 10 heteroatoms. The lowest BCUT2D eigenvalue weighted by Gasteiger charge is -2.36. The summed E-state index contributed by atoms with van der Waals surface area (Å²) in [5.74, 6) is -0.304. The van der Waals surface area contributed by atoms with Crippen molar-refractivity contribution >= 4 is 23.8 Å². The highest BCUT2D eigenvalue weighted by Crippen LogP contribution is 2.41. The molecule has 1 aromatic rings. The van der Waals surface area contributed by atoms with Crippen molar-refractivity contribution in [2.45, 2.75) is 25.2 Å². The molecular formula is C24H34N4O6. The maximum Gasteiger partial charge on any atom is 0.409 e. The highest BCUT2D eigenvalue weighted by Gasteiger charge is 2.54. The van der Waals surface area contributed by atoms with Crippen LogP contribution in [0.4, 0.5) is 4.79 Å². The van der Waals surface area contributed by atoms with E-state index in [2.05, 4.69) is 0 Å². The Hall–Kier alpha value is -3.14. The third-order valence-electron chi connectivity index (χ3n) is 6.41. The van der Waals surface area contributed by atoms with Crippen LogP contribution in [-0.4, -0.2) is 110 Å². The van der Waals surface area contributed by atoms with Crippen LogP contribution in [0.15, 0.2) is 24.3 Å². The van der Waals surface area contributed by atoms with Crippen molar-refractivity contribution in [1.29, 1.82) is 0 Å². The fraction of sp³-hybridized carbons (Fsp3) is 0.583. The van der Waals surface area contributed by atoms with E-state index in [9.17, 15) is 19.2 Å². The monoisotopic (exact) mass is 474 g/mol. The minimum absolute atomic E-state index is 0.0685. The summed E-state index contributed by atoms with van der Waals surface area (Å²) < 4.78 is 10.4. The fourth-order valence-electron chi connectivity index (χ4n) is 4.44. The summed E-state index contributed by atoms with van der Waals surface area (Å²) in [4.78, 5) is 58.4. The van der Waals surface area contributed by atoms with E-state index in [1.165, 1.54) is 12.0 Å². The zero-order valence-electron chi connectivity index (χ0n) is 20.4. The van der Waals surface area contributed by atoms with Gasteiger partial charge in [-0.05, 0) is 38.7 Å². The van der Waals surface area contributed by atoms with E-state index in [1.807, 2.05) is 19.0 Å². The quantitative estimate of drug-likeness (QED) is 0.517. The molecule has 1 atom stereocenters. The number of likely N-dealkylation sites (N-methyl/N-ethyl adjacent to an activating group) is 1. The van der Waals surface area contributed by atoms with Gasteiger partial charge in [0, 0.05) is 52.1 Å². The average Bonchev–Trinajstić information content (AvgIpc) is 3.07. The molecule has 10 nitrogen and oxygen atoms in total. The smallest absolute Gasteiger partial charge is 0.409 e. The van der Waals surface area contributed by atoms with Crippen molar-refractivity contribution in [1.82, 2.24) is 19.6 Å². The number of amides is 4. The van der Waals surface area contributed by atoms with Gasteiger partial charge in [0.05, 0.1) is 19.1 Å². The van der Waals surface area contributed by atoms with E-state index in [0.717, 1.165) is 0 Å². The van der Waals surface area contributed by atoms with Crippen molar-refractivity contribution in [3.63, 3.8) is 0 Å². The van der Waals surface area contributed by atoms with Crippen LogP contribution >= 0.6 is 0 Å². The number of rotatable bonds is 8. The van der Waals surface area contributed by atoms with E-state index >= 15 is 0 Å². The number of imide groups is 1. The second-order valence-corrected chi connectivity index (χ2v) is 8.89. The highest BCUT2D eigenvalue weighted by molar-refractivity contribution is 6.10. The standard InChI is InChI=1S/C24H34N4O6/c1-5-34-23(32)27-12-10-26(11-13-27)20(29)16-24(18-7-6-8-19(15-18)33-4)17-21(30)28(22(24)31)14-9-25(2)3/h6-8,15H,5,9-14,16-17H2,1-4H3. The molecule has 4 amide bonds. The van der Waals surface area contributed by atoms with Gasteiger partial charge in [-0.1, -0.05) is 12.1 Å². The van der Waals surface area contributed by atoms with Gasteiger partial charge in [0.2, 0.25) is 17.7 Å². The number of benzene rings is 1. The number of ether oxygens (including phenoxy) is 2. The van der Waals surface area contributed by atoms with Crippen LogP contribution < -0.4 is 4.74 Å². The first-order valence-corrected chi connectivity index (χ1v) is 11.6. The zero-order chi connectivity index (χ0) is 24.9. The van der Waals surface area contributed by atoms with Crippen LogP contribution in [0, 0.1) is 0 Å². The van der Waals surface area contributed by atoms with Gasteiger partial charge in [0.25, 0.3) is 0 Å². The van der Waals surface area contributed by atoms with Gasteiger partial charge in [-0.2, -0.15) is 0 Å². The first-order chi connectivity index (χ1) is 16.2. The SMILES string of the molecule is CCOC(=O)N1CCN(C(=O)CC2(c3cccc(OC)c3)CC(=O)N(CCN(C)C)C2=O)CC1. The van der Waals surface area contributed by atoms with Crippen LogP contribution in [0.2, 0.25) is 0 Å².